The molecule has 1 aromatic heterocycles. The second-order valence-corrected chi connectivity index (χ2v) is 6.47. The summed E-state index contributed by atoms with van der Waals surface area (Å²) in [4.78, 5) is 2.96. The third kappa shape index (κ3) is 2.61. The minimum atomic E-state index is -3.79. The van der Waals surface area contributed by atoms with Crippen LogP contribution in [-0.4, -0.2) is 13.4 Å². The van der Waals surface area contributed by atoms with E-state index in [-0.39, 0.29) is 4.90 Å². The topological polar surface area (TPSA) is 110 Å². The third-order valence-electron chi connectivity index (χ3n) is 3.37. The van der Waals surface area contributed by atoms with Crippen LogP contribution in [0.3, 0.4) is 0 Å². The van der Waals surface area contributed by atoms with Crippen LogP contribution in [-0.2, 0) is 10.0 Å². The van der Waals surface area contributed by atoms with Crippen molar-refractivity contribution in [1.82, 2.24) is 4.98 Å². The number of fused-ring (bicyclic) bond motifs is 1. The van der Waals surface area contributed by atoms with Crippen LogP contribution in [0.25, 0.3) is 10.9 Å². The van der Waals surface area contributed by atoms with Gasteiger partial charge in [-0.05, 0) is 30.3 Å². The van der Waals surface area contributed by atoms with Crippen LogP contribution in [0, 0.1) is 22.7 Å². The fourth-order valence-corrected chi connectivity index (χ4v) is 3.32. The highest BCUT2D eigenvalue weighted by Gasteiger charge is 2.16. The summed E-state index contributed by atoms with van der Waals surface area (Å²) in [5.41, 5.74) is 1.73. The van der Waals surface area contributed by atoms with Gasteiger partial charge in [0.25, 0.3) is 10.0 Å². The quantitative estimate of drug-likeness (QED) is 0.772. The molecule has 0 spiro atoms. The first-order valence-corrected chi connectivity index (χ1v) is 8.06. The summed E-state index contributed by atoms with van der Waals surface area (Å²) >= 11 is 0. The molecule has 0 atom stereocenters. The Hall–Kier alpha value is -3.29. The number of aromatic amines is 1. The molecule has 0 radical (unpaired) electrons. The van der Waals surface area contributed by atoms with Crippen LogP contribution in [0.15, 0.2) is 53.6 Å². The van der Waals surface area contributed by atoms with E-state index >= 15 is 0 Å². The van der Waals surface area contributed by atoms with E-state index in [9.17, 15) is 8.42 Å². The largest absolute Gasteiger partial charge is 0.358 e. The van der Waals surface area contributed by atoms with Crippen LogP contribution in [0.5, 0.6) is 0 Å². The van der Waals surface area contributed by atoms with Crippen LogP contribution >= 0.6 is 0 Å². The maximum Gasteiger partial charge on any atom is 0.261 e. The Morgan fingerprint density at radius 3 is 2.39 bits per heavy atom. The lowest BCUT2D eigenvalue weighted by molar-refractivity contribution is 0.601. The van der Waals surface area contributed by atoms with Crippen molar-refractivity contribution in [2.24, 2.45) is 0 Å². The van der Waals surface area contributed by atoms with Gasteiger partial charge >= 0.3 is 0 Å². The van der Waals surface area contributed by atoms with E-state index in [2.05, 4.69) is 9.71 Å². The lowest BCUT2D eigenvalue weighted by Gasteiger charge is -2.09. The maximum atomic E-state index is 12.4. The van der Waals surface area contributed by atoms with Gasteiger partial charge in [0.15, 0.2) is 0 Å². The molecule has 0 bridgehead atoms. The zero-order chi connectivity index (χ0) is 16.4. The van der Waals surface area contributed by atoms with Gasteiger partial charge in [0, 0.05) is 11.6 Å². The number of nitrogens with one attached hydrogen (secondary N) is 2. The minimum absolute atomic E-state index is 0.0561. The highest BCUT2D eigenvalue weighted by atomic mass is 32.2. The monoisotopic (exact) mass is 322 g/mol. The second kappa shape index (κ2) is 5.48. The molecule has 23 heavy (non-hydrogen) atoms. The smallest absolute Gasteiger partial charge is 0.261 e. The second-order valence-electron chi connectivity index (χ2n) is 4.78. The SMILES string of the molecule is N#Cc1ccc(S(=O)(=O)Nc2cccc3c(C#N)c[nH]c23)cc1. The van der Waals surface area contributed by atoms with E-state index in [0.717, 1.165) is 0 Å². The van der Waals surface area contributed by atoms with Crippen LogP contribution in [0.2, 0.25) is 0 Å². The zero-order valence-corrected chi connectivity index (χ0v) is 12.6. The number of aromatic nitrogens is 1. The minimum Gasteiger partial charge on any atom is -0.358 e. The Balaban J connectivity index is 2.02. The van der Waals surface area contributed by atoms with Crippen molar-refractivity contribution < 1.29 is 8.42 Å². The summed E-state index contributed by atoms with van der Waals surface area (Å²) in [6.07, 6.45) is 1.53. The van der Waals surface area contributed by atoms with Gasteiger partial charge in [0.1, 0.15) is 6.07 Å². The van der Waals surface area contributed by atoms with Crippen LogP contribution in [0.1, 0.15) is 11.1 Å². The number of hydrogen-bond acceptors (Lipinski definition) is 4. The zero-order valence-electron chi connectivity index (χ0n) is 11.7. The number of nitrogens with zero attached hydrogens (tertiary/aromatic N) is 2. The first-order chi connectivity index (χ1) is 11.0. The number of nitriles is 2. The summed E-state index contributed by atoms with van der Waals surface area (Å²) in [5.74, 6) is 0. The van der Waals surface area contributed by atoms with Gasteiger partial charge < -0.3 is 4.98 Å². The van der Waals surface area contributed by atoms with E-state index in [1.54, 1.807) is 18.2 Å². The Morgan fingerprint density at radius 2 is 1.74 bits per heavy atom. The summed E-state index contributed by atoms with van der Waals surface area (Å²) in [6.45, 7) is 0. The molecule has 0 aliphatic rings. The number of para-hydroxylation sites is 1. The molecule has 2 aromatic carbocycles. The third-order valence-corrected chi connectivity index (χ3v) is 4.76. The summed E-state index contributed by atoms with van der Waals surface area (Å²) in [7, 11) is -3.79. The first kappa shape index (κ1) is 14.6. The Bertz CT molecular complexity index is 1070. The highest BCUT2D eigenvalue weighted by Crippen LogP contribution is 2.27. The number of benzene rings is 2. The molecule has 2 N–H and O–H groups in total. The molecular formula is C16H10N4O2S. The van der Waals surface area contributed by atoms with Crippen LogP contribution < -0.4 is 4.72 Å². The van der Waals surface area contributed by atoms with Crippen molar-refractivity contribution in [3.05, 3.63) is 59.8 Å². The fourth-order valence-electron chi connectivity index (χ4n) is 2.24. The predicted octanol–water partition coefficient (Wildman–Crippen LogP) is 2.71. The normalized spacial score (nSPS) is 10.9. The molecule has 112 valence electrons. The van der Waals surface area contributed by atoms with Crippen molar-refractivity contribution in [3.63, 3.8) is 0 Å². The molecule has 1 heterocycles. The molecular weight excluding hydrogens is 312 g/mol. The molecule has 0 fully saturated rings. The molecule has 3 aromatic rings. The van der Waals surface area contributed by atoms with E-state index in [0.29, 0.717) is 27.7 Å². The molecule has 7 heteroatoms. The summed E-state index contributed by atoms with van der Waals surface area (Å²) in [5, 5.41) is 18.5. The lowest BCUT2D eigenvalue weighted by atomic mass is 10.2. The number of hydrogen-bond donors (Lipinski definition) is 2. The summed E-state index contributed by atoms with van der Waals surface area (Å²) < 4.78 is 27.4. The van der Waals surface area contributed by atoms with Crippen molar-refractivity contribution in [1.29, 1.82) is 10.5 Å². The average molecular weight is 322 g/mol. The molecule has 3 rings (SSSR count). The molecule has 0 aliphatic heterocycles. The standard InChI is InChI=1S/C16H10N4O2S/c17-8-11-4-6-13(7-5-11)23(21,22)20-15-3-1-2-14-12(9-18)10-19-16(14)15/h1-7,10,19-20H. The van der Waals surface area contributed by atoms with E-state index < -0.39 is 10.0 Å². The van der Waals surface area contributed by atoms with Crippen LogP contribution in [0.4, 0.5) is 5.69 Å². The number of H-pyrrole nitrogens is 1. The van der Waals surface area contributed by atoms with Gasteiger partial charge in [-0.1, -0.05) is 12.1 Å². The van der Waals surface area contributed by atoms with Gasteiger partial charge in [-0.2, -0.15) is 10.5 Å². The van der Waals surface area contributed by atoms with E-state index in [4.69, 9.17) is 10.5 Å². The van der Waals surface area contributed by atoms with E-state index in [1.807, 2.05) is 12.1 Å². The predicted molar refractivity (Wildman–Crippen MR) is 85.0 cm³/mol. The molecule has 0 unspecified atom stereocenters. The lowest BCUT2D eigenvalue weighted by Crippen LogP contribution is -2.13. The van der Waals surface area contributed by atoms with Crippen molar-refractivity contribution >= 4 is 26.6 Å². The van der Waals surface area contributed by atoms with Crippen molar-refractivity contribution in [2.75, 3.05) is 4.72 Å². The molecule has 0 saturated heterocycles. The first-order valence-electron chi connectivity index (χ1n) is 6.58. The van der Waals surface area contributed by atoms with Gasteiger partial charge in [-0.15, -0.1) is 0 Å². The van der Waals surface area contributed by atoms with Crippen molar-refractivity contribution in [3.8, 4) is 12.1 Å². The van der Waals surface area contributed by atoms with E-state index in [1.165, 1.54) is 30.5 Å². The number of sulfonamides is 1. The Morgan fingerprint density at radius 1 is 1.00 bits per heavy atom. The molecule has 0 saturated carbocycles. The molecule has 6 nitrogen and oxygen atoms in total. The number of anilines is 1. The Labute approximate surface area is 132 Å². The molecule has 0 aliphatic carbocycles. The van der Waals surface area contributed by atoms with Gasteiger partial charge in [-0.3, -0.25) is 4.72 Å². The van der Waals surface area contributed by atoms with Gasteiger partial charge in [0.2, 0.25) is 0 Å². The number of rotatable bonds is 3. The summed E-state index contributed by atoms with van der Waals surface area (Å²) in [6, 6.07) is 14.6. The average Bonchev–Trinajstić information content (AvgIpc) is 2.99. The van der Waals surface area contributed by atoms with Crippen molar-refractivity contribution in [2.45, 2.75) is 4.90 Å². The molecule has 0 amide bonds. The highest BCUT2D eigenvalue weighted by molar-refractivity contribution is 7.92. The van der Waals surface area contributed by atoms with Gasteiger partial charge in [-0.25, -0.2) is 8.42 Å². The fraction of sp³-hybridized carbons (Fsp3) is 0. The van der Waals surface area contributed by atoms with Gasteiger partial charge in [0.05, 0.1) is 33.3 Å². The Kier molecular flexibility index (Phi) is 3.49. The maximum absolute atomic E-state index is 12.4.